The van der Waals surface area contributed by atoms with Gasteiger partial charge in [-0.2, -0.15) is 0 Å². The summed E-state index contributed by atoms with van der Waals surface area (Å²) in [6.07, 6.45) is 3.97. The van der Waals surface area contributed by atoms with Crippen molar-refractivity contribution in [2.24, 2.45) is 0 Å². The van der Waals surface area contributed by atoms with Crippen LogP contribution in [0.2, 0.25) is 0 Å². The Balaban J connectivity index is 0.000000153. The molecule has 4 aromatic rings. The van der Waals surface area contributed by atoms with Crippen molar-refractivity contribution in [2.75, 3.05) is 6.61 Å². The molecule has 0 aliphatic carbocycles. The molecule has 130 valence electrons. The predicted molar refractivity (Wildman–Crippen MR) is 104 cm³/mol. The Hall–Kier alpha value is -3.27. The van der Waals surface area contributed by atoms with E-state index in [-0.39, 0.29) is 5.97 Å². The number of benzene rings is 2. The first-order valence-corrected chi connectivity index (χ1v) is 8.56. The van der Waals surface area contributed by atoms with Crippen molar-refractivity contribution in [1.29, 1.82) is 0 Å². The molecule has 2 aromatic carbocycles. The highest BCUT2D eigenvalue weighted by Crippen LogP contribution is 2.20. The molecule has 0 saturated carbocycles. The monoisotopic (exact) mass is 344 g/mol. The fourth-order valence-electron chi connectivity index (χ4n) is 2.65. The molecule has 0 bridgehead atoms. The van der Waals surface area contributed by atoms with Gasteiger partial charge in [-0.25, -0.2) is 0 Å². The second-order valence-electron chi connectivity index (χ2n) is 5.68. The topological polar surface area (TPSA) is 52.1 Å². The van der Waals surface area contributed by atoms with Crippen molar-refractivity contribution in [2.45, 2.75) is 13.3 Å². The number of carbonyl (C=O) groups excluding carboxylic acids is 1. The van der Waals surface area contributed by atoms with Gasteiger partial charge in [0.15, 0.2) is 0 Å². The lowest BCUT2D eigenvalue weighted by atomic mass is 10.1. The molecule has 26 heavy (non-hydrogen) atoms. The van der Waals surface area contributed by atoms with E-state index in [2.05, 4.69) is 34.2 Å². The first-order chi connectivity index (χ1) is 12.8. The highest BCUT2D eigenvalue weighted by atomic mass is 16.5. The van der Waals surface area contributed by atoms with Crippen LogP contribution in [0.25, 0.3) is 21.8 Å². The lowest BCUT2D eigenvalue weighted by molar-refractivity contribution is -0.142. The van der Waals surface area contributed by atoms with Crippen LogP contribution < -0.4 is 0 Å². The number of pyridine rings is 2. The second kappa shape index (κ2) is 8.72. The lowest BCUT2D eigenvalue weighted by Crippen LogP contribution is -2.06. The maximum atomic E-state index is 11.0. The van der Waals surface area contributed by atoms with E-state index < -0.39 is 0 Å². The Morgan fingerprint density at radius 2 is 1.38 bits per heavy atom. The van der Waals surface area contributed by atoms with Gasteiger partial charge in [0.2, 0.25) is 0 Å². The summed E-state index contributed by atoms with van der Waals surface area (Å²) in [4.78, 5) is 19.7. The third kappa shape index (κ3) is 4.42. The van der Waals surface area contributed by atoms with Gasteiger partial charge in [-0.05, 0) is 24.6 Å². The minimum absolute atomic E-state index is 0.163. The Kier molecular flexibility index (Phi) is 5.88. The zero-order chi connectivity index (χ0) is 18.2. The summed E-state index contributed by atoms with van der Waals surface area (Å²) in [5.41, 5.74) is 2.95. The Morgan fingerprint density at radius 1 is 0.808 bits per heavy atom. The lowest BCUT2D eigenvalue weighted by Gasteiger charge is -2.00. The van der Waals surface area contributed by atoms with Crippen LogP contribution >= 0.6 is 0 Å². The molecule has 0 spiro atoms. The smallest absolute Gasteiger partial charge is 0.310 e. The van der Waals surface area contributed by atoms with Gasteiger partial charge in [-0.3, -0.25) is 14.8 Å². The molecule has 0 aliphatic heterocycles. The van der Waals surface area contributed by atoms with Crippen molar-refractivity contribution in [3.63, 3.8) is 0 Å². The number of aromatic nitrogens is 2. The van der Waals surface area contributed by atoms with Crippen LogP contribution in [0, 0.1) is 0 Å². The van der Waals surface area contributed by atoms with Crippen LogP contribution in [0.4, 0.5) is 0 Å². The number of rotatable bonds is 3. The normalized spacial score (nSPS) is 10.2. The zero-order valence-electron chi connectivity index (χ0n) is 14.6. The molecule has 4 nitrogen and oxygen atoms in total. The van der Waals surface area contributed by atoms with Crippen LogP contribution in [-0.2, 0) is 16.0 Å². The van der Waals surface area contributed by atoms with E-state index in [1.807, 2.05) is 49.4 Å². The van der Waals surface area contributed by atoms with E-state index in [0.717, 1.165) is 27.4 Å². The molecule has 0 radical (unpaired) electrons. The fourth-order valence-corrected chi connectivity index (χ4v) is 2.65. The number of esters is 1. The summed E-state index contributed by atoms with van der Waals surface area (Å²) >= 11 is 0. The van der Waals surface area contributed by atoms with Gasteiger partial charge in [0.05, 0.1) is 24.1 Å². The Bertz CT molecular complexity index is 945. The van der Waals surface area contributed by atoms with Crippen LogP contribution in [0.3, 0.4) is 0 Å². The summed E-state index contributed by atoms with van der Waals surface area (Å²) in [6, 6.07) is 21.7. The molecule has 2 aromatic heterocycles. The van der Waals surface area contributed by atoms with Crippen LogP contribution in [0.1, 0.15) is 12.5 Å². The average molecular weight is 344 g/mol. The molecule has 0 atom stereocenters. The summed E-state index contributed by atoms with van der Waals surface area (Å²) in [6.45, 7) is 2.26. The molecule has 4 heteroatoms. The zero-order valence-corrected chi connectivity index (χ0v) is 14.6. The molecule has 0 unspecified atom stereocenters. The van der Waals surface area contributed by atoms with Crippen LogP contribution in [-0.4, -0.2) is 22.5 Å². The molecule has 2 heterocycles. The minimum atomic E-state index is -0.163. The molecule has 0 saturated heterocycles. The van der Waals surface area contributed by atoms with Crippen molar-refractivity contribution in [3.05, 3.63) is 84.7 Å². The molecule has 4 rings (SSSR count). The van der Waals surface area contributed by atoms with Gasteiger partial charge in [0.1, 0.15) is 0 Å². The van der Waals surface area contributed by atoms with Gasteiger partial charge in [0, 0.05) is 23.2 Å². The summed E-state index contributed by atoms with van der Waals surface area (Å²) in [7, 11) is 0. The predicted octanol–water partition coefficient (Wildman–Crippen LogP) is 4.58. The highest BCUT2D eigenvalue weighted by Gasteiger charge is 2.02. The maximum absolute atomic E-state index is 11.0. The summed E-state index contributed by atoms with van der Waals surface area (Å²) in [5.74, 6) is -0.163. The van der Waals surface area contributed by atoms with E-state index in [4.69, 9.17) is 4.74 Å². The first-order valence-electron chi connectivity index (χ1n) is 8.56. The molecular formula is C22H20N2O2. The fraction of sp³-hybridized carbons (Fsp3) is 0.136. The average Bonchev–Trinajstić information content (AvgIpc) is 2.69. The Labute approximate surface area is 152 Å². The largest absolute Gasteiger partial charge is 0.466 e. The van der Waals surface area contributed by atoms with Crippen LogP contribution in [0.15, 0.2) is 79.1 Å². The summed E-state index contributed by atoms with van der Waals surface area (Å²) in [5, 5.41) is 2.28. The molecule has 0 amide bonds. The number of ether oxygens (including phenoxy) is 1. The standard InChI is InChI=1S/C12H8N2.C10H12O2/c1-3-9-5-6-10-4-2-8-14-12(10)11(9)13-7-1;1-2-12-10(11)8-9-6-4-3-5-7-9/h1-8H;3-7H,2,8H2,1H3. The van der Waals surface area contributed by atoms with Gasteiger partial charge < -0.3 is 4.74 Å². The number of fused-ring (bicyclic) bond motifs is 3. The van der Waals surface area contributed by atoms with Crippen molar-refractivity contribution in [3.8, 4) is 0 Å². The second-order valence-corrected chi connectivity index (χ2v) is 5.68. The van der Waals surface area contributed by atoms with Gasteiger partial charge in [-0.1, -0.05) is 54.6 Å². The minimum Gasteiger partial charge on any atom is -0.466 e. The SMILES string of the molecule is CCOC(=O)Cc1ccccc1.c1cnc2c(c1)ccc1cccnc12. The molecule has 0 fully saturated rings. The van der Waals surface area contributed by atoms with Crippen molar-refractivity contribution in [1.82, 2.24) is 9.97 Å². The van der Waals surface area contributed by atoms with Gasteiger partial charge in [0.25, 0.3) is 0 Å². The molecule has 0 N–H and O–H groups in total. The van der Waals surface area contributed by atoms with E-state index >= 15 is 0 Å². The molecule has 0 aliphatic rings. The van der Waals surface area contributed by atoms with Gasteiger partial charge >= 0.3 is 5.97 Å². The van der Waals surface area contributed by atoms with E-state index in [9.17, 15) is 4.79 Å². The van der Waals surface area contributed by atoms with E-state index in [1.165, 1.54) is 0 Å². The van der Waals surface area contributed by atoms with Crippen LogP contribution in [0.5, 0.6) is 0 Å². The molecular weight excluding hydrogens is 324 g/mol. The Morgan fingerprint density at radius 3 is 1.92 bits per heavy atom. The number of hydrogen-bond acceptors (Lipinski definition) is 4. The third-order valence-corrected chi connectivity index (χ3v) is 3.84. The number of nitrogens with zero attached hydrogens (tertiary/aromatic N) is 2. The third-order valence-electron chi connectivity index (χ3n) is 3.84. The van der Waals surface area contributed by atoms with Crippen molar-refractivity contribution >= 4 is 27.8 Å². The quantitative estimate of drug-likeness (QED) is 0.403. The summed E-state index contributed by atoms with van der Waals surface area (Å²) < 4.78 is 4.81. The van der Waals surface area contributed by atoms with Crippen molar-refractivity contribution < 1.29 is 9.53 Å². The number of carbonyl (C=O) groups is 1. The van der Waals surface area contributed by atoms with Gasteiger partial charge in [-0.15, -0.1) is 0 Å². The first kappa shape index (κ1) is 17.5. The maximum Gasteiger partial charge on any atom is 0.310 e. The van der Waals surface area contributed by atoms with E-state index in [0.29, 0.717) is 13.0 Å². The van der Waals surface area contributed by atoms with E-state index in [1.54, 1.807) is 12.4 Å². The highest BCUT2D eigenvalue weighted by molar-refractivity contribution is 6.02. The number of hydrogen-bond donors (Lipinski definition) is 0.